The van der Waals surface area contributed by atoms with Gasteiger partial charge in [-0.25, -0.2) is 4.79 Å². The molecule has 4 atom stereocenters. The quantitative estimate of drug-likeness (QED) is 0.364. The first-order chi connectivity index (χ1) is 15.2. The Bertz CT molecular complexity index is 930. The van der Waals surface area contributed by atoms with Crippen molar-refractivity contribution in [2.24, 2.45) is 11.1 Å². The minimum absolute atomic E-state index is 0.0543. The monoisotopic (exact) mass is 436 g/mol. The predicted octanol–water partition coefficient (Wildman–Crippen LogP) is 6.57. The van der Waals surface area contributed by atoms with Crippen molar-refractivity contribution in [2.45, 2.75) is 78.0 Å². The number of nitrogens with zero attached hydrogens (tertiary/aromatic N) is 2. The van der Waals surface area contributed by atoms with Gasteiger partial charge in [0, 0.05) is 17.9 Å². The van der Waals surface area contributed by atoms with E-state index in [1.165, 1.54) is 0 Å². The molecule has 2 aromatic carbocycles. The van der Waals surface area contributed by atoms with Crippen molar-refractivity contribution < 1.29 is 14.5 Å². The highest BCUT2D eigenvalue weighted by molar-refractivity contribution is 5.92. The van der Waals surface area contributed by atoms with Gasteiger partial charge in [-0.05, 0) is 51.3 Å². The zero-order chi connectivity index (χ0) is 23.4. The number of rotatable bonds is 7. The van der Waals surface area contributed by atoms with Gasteiger partial charge in [0.25, 0.3) is 0 Å². The molecule has 0 spiro atoms. The van der Waals surface area contributed by atoms with Crippen LogP contribution in [0.2, 0.25) is 0 Å². The Hall–Kier alpha value is -2.50. The maximum absolute atomic E-state index is 12.5. The van der Waals surface area contributed by atoms with Gasteiger partial charge < -0.3 is 4.84 Å². The Morgan fingerprint density at radius 1 is 1.06 bits per heavy atom. The number of carbonyl (C=O) groups excluding carboxylic acids is 1. The molecule has 0 saturated carbocycles. The summed E-state index contributed by atoms with van der Waals surface area (Å²) in [5.74, 6) is -0.378. The van der Waals surface area contributed by atoms with Gasteiger partial charge >= 0.3 is 5.97 Å². The molecule has 3 rings (SSSR count). The number of oxime groups is 1. The number of piperidine rings is 1. The van der Waals surface area contributed by atoms with Crippen LogP contribution in [0.15, 0.2) is 65.8 Å². The topological polar surface area (TPSA) is 51.1 Å². The fourth-order valence-corrected chi connectivity index (χ4v) is 4.51. The van der Waals surface area contributed by atoms with Crippen LogP contribution in [0.3, 0.4) is 0 Å². The van der Waals surface area contributed by atoms with Crippen molar-refractivity contribution in [3.8, 4) is 0 Å². The highest BCUT2D eigenvalue weighted by atomic mass is 16.7. The smallest absolute Gasteiger partial charge is 0.313 e. The van der Waals surface area contributed by atoms with Gasteiger partial charge in [-0.3, -0.25) is 4.84 Å². The zero-order valence-electron chi connectivity index (χ0n) is 20.2. The van der Waals surface area contributed by atoms with E-state index in [1.54, 1.807) is 12.1 Å². The Kier molecular flexibility index (Phi) is 7.52. The lowest BCUT2D eigenvalue weighted by Gasteiger charge is -2.57. The SMILES string of the molecule is CCC1(C)C/C(=N/OC(=O)c2ccccc2)C(C)C(C)(CC)N1OC(C)c1ccccc1. The Labute approximate surface area is 192 Å². The molecule has 1 heterocycles. The Morgan fingerprint density at radius 2 is 1.66 bits per heavy atom. The normalized spacial score (nSPS) is 28.4. The van der Waals surface area contributed by atoms with Crippen molar-refractivity contribution in [3.05, 3.63) is 71.8 Å². The fourth-order valence-electron chi connectivity index (χ4n) is 4.51. The molecule has 1 aliphatic heterocycles. The molecule has 0 aromatic heterocycles. The molecule has 0 amide bonds. The second-order valence-corrected chi connectivity index (χ2v) is 9.24. The van der Waals surface area contributed by atoms with Crippen LogP contribution in [0, 0.1) is 5.92 Å². The molecule has 0 N–H and O–H groups in total. The molecular weight excluding hydrogens is 400 g/mol. The summed E-state index contributed by atoms with van der Waals surface area (Å²) in [6.45, 7) is 13.0. The van der Waals surface area contributed by atoms with Gasteiger partial charge in [0.2, 0.25) is 0 Å². The number of hydrogen-bond acceptors (Lipinski definition) is 5. The summed E-state index contributed by atoms with van der Waals surface area (Å²) < 4.78 is 0. The molecule has 1 aliphatic rings. The third-order valence-electron chi connectivity index (χ3n) is 7.21. The van der Waals surface area contributed by atoms with E-state index in [4.69, 9.17) is 9.68 Å². The molecule has 4 unspecified atom stereocenters. The summed E-state index contributed by atoms with van der Waals surface area (Å²) in [6, 6.07) is 19.3. The van der Waals surface area contributed by atoms with Crippen LogP contribution in [-0.4, -0.2) is 27.8 Å². The van der Waals surface area contributed by atoms with Crippen LogP contribution in [0.25, 0.3) is 0 Å². The van der Waals surface area contributed by atoms with Crippen LogP contribution in [0.1, 0.15) is 82.8 Å². The number of hydroxylamine groups is 2. The highest BCUT2D eigenvalue weighted by Gasteiger charge is 2.53. The van der Waals surface area contributed by atoms with Crippen molar-refractivity contribution >= 4 is 11.7 Å². The Morgan fingerprint density at radius 3 is 2.22 bits per heavy atom. The van der Waals surface area contributed by atoms with Gasteiger partial charge in [0.1, 0.15) is 6.10 Å². The van der Waals surface area contributed by atoms with E-state index >= 15 is 0 Å². The molecule has 172 valence electrons. The molecule has 1 saturated heterocycles. The summed E-state index contributed by atoms with van der Waals surface area (Å²) in [4.78, 5) is 24.5. The second-order valence-electron chi connectivity index (χ2n) is 9.24. The summed E-state index contributed by atoms with van der Waals surface area (Å²) in [6.07, 6.45) is 2.35. The number of benzene rings is 2. The Balaban J connectivity index is 1.87. The molecule has 1 fully saturated rings. The number of hydrogen-bond donors (Lipinski definition) is 0. The largest absolute Gasteiger partial charge is 0.365 e. The summed E-state index contributed by atoms with van der Waals surface area (Å²) in [7, 11) is 0. The van der Waals surface area contributed by atoms with Gasteiger partial charge in [-0.2, -0.15) is 5.06 Å². The summed E-state index contributed by atoms with van der Waals surface area (Å²) in [5, 5.41) is 6.59. The van der Waals surface area contributed by atoms with Gasteiger partial charge in [0.05, 0.1) is 16.8 Å². The summed E-state index contributed by atoms with van der Waals surface area (Å²) in [5.41, 5.74) is 1.96. The first-order valence-corrected chi connectivity index (χ1v) is 11.6. The van der Waals surface area contributed by atoms with Gasteiger partial charge in [0.15, 0.2) is 0 Å². The van der Waals surface area contributed by atoms with E-state index < -0.39 is 5.97 Å². The lowest BCUT2D eigenvalue weighted by Crippen LogP contribution is -2.66. The molecule has 5 nitrogen and oxygen atoms in total. The minimum Gasteiger partial charge on any atom is -0.313 e. The van der Waals surface area contributed by atoms with Gasteiger partial charge in [-0.1, -0.05) is 74.5 Å². The lowest BCUT2D eigenvalue weighted by molar-refractivity contribution is -0.310. The molecule has 0 bridgehead atoms. The third-order valence-corrected chi connectivity index (χ3v) is 7.21. The molecular formula is C27H36N2O3. The van der Waals surface area contributed by atoms with Crippen LogP contribution < -0.4 is 0 Å². The van der Waals surface area contributed by atoms with Crippen molar-refractivity contribution in [3.63, 3.8) is 0 Å². The predicted molar refractivity (Wildman–Crippen MR) is 128 cm³/mol. The maximum atomic E-state index is 12.5. The second kappa shape index (κ2) is 9.97. The zero-order valence-corrected chi connectivity index (χ0v) is 20.2. The van der Waals surface area contributed by atoms with Crippen molar-refractivity contribution in [1.29, 1.82) is 0 Å². The molecule has 5 heteroatoms. The first-order valence-electron chi connectivity index (χ1n) is 11.6. The van der Waals surface area contributed by atoms with Crippen molar-refractivity contribution in [1.82, 2.24) is 5.06 Å². The highest BCUT2D eigenvalue weighted by Crippen LogP contribution is 2.46. The van der Waals surface area contributed by atoms with E-state index in [9.17, 15) is 4.79 Å². The van der Waals surface area contributed by atoms with E-state index in [0.717, 1.165) is 24.1 Å². The lowest BCUT2D eigenvalue weighted by atomic mass is 9.70. The van der Waals surface area contributed by atoms with E-state index in [-0.39, 0.29) is 23.1 Å². The van der Waals surface area contributed by atoms with Gasteiger partial charge in [-0.15, -0.1) is 0 Å². The first kappa shape index (κ1) is 24.1. The number of carbonyl (C=O) groups is 1. The van der Waals surface area contributed by atoms with Crippen LogP contribution in [0.5, 0.6) is 0 Å². The molecule has 2 aromatic rings. The van der Waals surface area contributed by atoms with Crippen molar-refractivity contribution in [2.75, 3.05) is 0 Å². The fraction of sp³-hybridized carbons (Fsp3) is 0.481. The van der Waals surface area contributed by atoms with Crippen LogP contribution >= 0.6 is 0 Å². The molecule has 0 radical (unpaired) electrons. The minimum atomic E-state index is -0.432. The van der Waals surface area contributed by atoms with E-state index in [1.807, 2.05) is 36.4 Å². The van der Waals surface area contributed by atoms with Crippen LogP contribution in [0.4, 0.5) is 0 Å². The average molecular weight is 437 g/mol. The van der Waals surface area contributed by atoms with Crippen LogP contribution in [-0.2, 0) is 9.68 Å². The average Bonchev–Trinajstić information content (AvgIpc) is 2.84. The summed E-state index contributed by atoms with van der Waals surface area (Å²) >= 11 is 0. The van der Waals surface area contributed by atoms with E-state index in [0.29, 0.717) is 12.0 Å². The van der Waals surface area contributed by atoms with E-state index in [2.05, 4.69) is 63.9 Å². The maximum Gasteiger partial charge on any atom is 0.365 e. The standard InChI is InChI=1S/C27H36N2O3/c1-7-26(5)19-24(28-31-25(30)23-17-13-10-14-18-23)20(3)27(6,8-2)29(26)32-21(4)22-15-11-9-12-16-22/h9-18,20-21H,7-8,19H2,1-6H3/b28-24-. The third kappa shape index (κ3) is 4.79. The molecule has 32 heavy (non-hydrogen) atoms. The molecule has 0 aliphatic carbocycles.